The molecule has 0 aliphatic heterocycles. The largest absolute Gasteiger partial charge is 0.481 e. The van der Waals surface area contributed by atoms with Crippen LogP contribution in [0.4, 0.5) is 5.82 Å². The molecule has 1 aliphatic carbocycles. The number of hydrogen-bond acceptors (Lipinski definition) is 5. The Morgan fingerprint density at radius 2 is 2.26 bits per heavy atom. The van der Waals surface area contributed by atoms with Crippen molar-refractivity contribution < 1.29 is 14.6 Å². The van der Waals surface area contributed by atoms with Crippen molar-refractivity contribution in [1.82, 2.24) is 9.97 Å². The summed E-state index contributed by atoms with van der Waals surface area (Å²) in [5.74, 6) is 0.749. The van der Waals surface area contributed by atoms with Gasteiger partial charge in [0.25, 0.3) is 0 Å². The first-order valence-electron chi connectivity index (χ1n) is 6.51. The van der Waals surface area contributed by atoms with Gasteiger partial charge in [0, 0.05) is 12.1 Å². The molecular weight excluding hydrogens is 246 g/mol. The molecule has 19 heavy (non-hydrogen) atoms. The summed E-state index contributed by atoms with van der Waals surface area (Å²) in [6, 6.07) is 1.64. The molecule has 2 rings (SSSR count). The summed E-state index contributed by atoms with van der Waals surface area (Å²) >= 11 is 0. The van der Waals surface area contributed by atoms with E-state index < -0.39 is 5.97 Å². The van der Waals surface area contributed by atoms with Gasteiger partial charge in [-0.3, -0.25) is 4.79 Å². The van der Waals surface area contributed by atoms with Crippen LogP contribution in [0.5, 0.6) is 5.88 Å². The highest BCUT2D eigenvalue weighted by Crippen LogP contribution is 2.35. The Kier molecular flexibility index (Phi) is 4.19. The predicted octanol–water partition coefficient (Wildman–Crippen LogP) is 1.93. The fraction of sp³-hybridized carbons (Fsp3) is 0.615. The van der Waals surface area contributed by atoms with Crippen molar-refractivity contribution in [3.8, 4) is 5.88 Å². The molecule has 1 unspecified atom stereocenters. The van der Waals surface area contributed by atoms with Crippen molar-refractivity contribution >= 4 is 11.8 Å². The summed E-state index contributed by atoms with van der Waals surface area (Å²) in [7, 11) is 0. The van der Waals surface area contributed by atoms with Gasteiger partial charge in [-0.1, -0.05) is 0 Å². The van der Waals surface area contributed by atoms with Crippen molar-refractivity contribution in [3.63, 3.8) is 0 Å². The number of aromatic nitrogens is 2. The fourth-order valence-corrected chi connectivity index (χ4v) is 1.94. The van der Waals surface area contributed by atoms with Gasteiger partial charge in [0.1, 0.15) is 12.1 Å². The summed E-state index contributed by atoms with van der Waals surface area (Å²) in [5.41, 5.74) is 0. The normalized spacial score (nSPS) is 16.2. The number of carboxylic acids is 1. The third-order valence-electron chi connectivity index (χ3n) is 2.92. The maximum atomic E-state index is 10.8. The second-order valence-electron chi connectivity index (χ2n) is 5.09. The number of rotatable bonds is 7. The lowest BCUT2D eigenvalue weighted by atomic mass is 10.1. The molecule has 0 spiro atoms. The van der Waals surface area contributed by atoms with Crippen LogP contribution in [0.15, 0.2) is 12.4 Å². The minimum atomic E-state index is -0.794. The minimum Gasteiger partial charge on any atom is -0.481 e. The molecule has 6 heteroatoms. The highest BCUT2D eigenvalue weighted by Gasteiger charge is 2.32. The van der Waals surface area contributed by atoms with Crippen molar-refractivity contribution in [2.24, 2.45) is 5.92 Å². The molecule has 1 aromatic heterocycles. The Labute approximate surface area is 112 Å². The summed E-state index contributed by atoms with van der Waals surface area (Å²) < 4.78 is 5.49. The van der Waals surface area contributed by atoms with Crippen molar-refractivity contribution in [2.45, 2.75) is 45.3 Å². The Hall–Kier alpha value is -1.85. The van der Waals surface area contributed by atoms with Crippen LogP contribution in [-0.2, 0) is 4.79 Å². The third-order valence-corrected chi connectivity index (χ3v) is 2.92. The summed E-state index contributed by atoms with van der Waals surface area (Å²) in [6.07, 6.45) is 3.72. The van der Waals surface area contributed by atoms with E-state index in [9.17, 15) is 4.79 Å². The van der Waals surface area contributed by atoms with Gasteiger partial charge in [-0.05, 0) is 32.6 Å². The molecule has 0 aromatic carbocycles. The van der Waals surface area contributed by atoms with Crippen molar-refractivity contribution in [2.75, 3.05) is 5.32 Å². The molecule has 104 valence electrons. The molecule has 1 atom stereocenters. The lowest BCUT2D eigenvalue weighted by Gasteiger charge is -2.17. The van der Waals surface area contributed by atoms with Gasteiger partial charge in [0.15, 0.2) is 0 Å². The Balaban J connectivity index is 2.01. The second kappa shape index (κ2) is 5.86. The zero-order valence-electron chi connectivity index (χ0n) is 11.2. The van der Waals surface area contributed by atoms with E-state index in [1.807, 2.05) is 13.8 Å². The Bertz CT molecular complexity index is 447. The van der Waals surface area contributed by atoms with Gasteiger partial charge in [-0.25, -0.2) is 9.97 Å². The van der Waals surface area contributed by atoms with Crippen LogP contribution in [0.25, 0.3) is 0 Å². The molecule has 0 bridgehead atoms. The molecule has 6 nitrogen and oxygen atoms in total. The molecular formula is C13H19N3O3. The maximum Gasteiger partial charge on any atom is 0.305 e. The van der Waals surface area contributed by atoms with Crippen LogP contribution in [0, 0.1) is 5.92 Å². The van der Waals surface area contributed by atoms with Crippen molar-refractivity contribution in [1.29, 1.82) is 0 Å². The van der Waals surface area contributed by atoms with E-state index in [0.717, 1.165) is 12.8 Å². The van der Waals surface area contributed by atoms with E-state index in [0.29, 0.717) is 17.6 Å². The van der Waals surface area contributed by atoms with E-state index in [1.165, 1.54) is 6.33 Å². The van der Waals surface area contributed by atoms with Crippen LogP contribution in [0.1, 0.15) is 33.1 Å². The van der Waals surface area contributed by atoms with E-state index in [4.69, 9.17) is 9.84 Å². The van der Waals surface area contributed by atoms with E-state index in [1.54, 1.807) is 6.07 Å². The number of carbonyl (C=O) groups is 1. The first-order chi connectivity index (χ1) is 9.04. The van der Waals surface area contributed by atoms with Crippen LogP contribution in [0.2, 0.25) is 0 Å². The smallest absolute Gasteiger partial charge is 0.305 e. The molecule has 0 amide bonds. The van der Waals surface area contributed by atoms with Crippen molar-refractivity contribution in [3.05, 3.63) is 12.4 Å². The topological polar surface area (TPSA) is 84.3 Å². The number of carboxylic acid groups (broad SMARTS) is 1. The van der Waals surface area contributed by atoms with Gasteiger partial charge in [-0.2, -0.15) is 0 Å². The number of ether oxygens (including phenoxy) is 1. The first kappa shape index (κ1) is 13.6. The summed E-state index contributed by atoms with van der Waals surface area (Å²) in [5, 5.41) is 12.1. The number of nitrogens with one attached hydrogen (secondary N) is 1. The predicted molar refractivity (Wildman–Crippen MR) is 70.2 cm³/mol. The zero-order chi connectivity index (χ0) is 13.8. The molecule has 0 radical (unpaired) electrons. The second-order valence-corrected chi connectivity index (χ2v) is 5.09. The van der Waals surface area contributed by atoms with E-state index in [2.05, 4.69) is 15.3 Å². The summed E-state index contributed by atoms with van der Waals surface area (Å²) in [4.78, 5) is 19.0. The van der Waals surface area contributed by atoms with E-state index >= 15 is 0 Å². The number of anilines is 1. The lowest BCUT2D eigenvalue weighted by molar-refractivity contribution is -0.137. The van der Waals surface area contributed by atoms with E-state index in [-0.39, 0.29) is 18.6 Å². The minimum absolute atomic E-state index is 0.0426. The van der Waals surface area contributed by atoms with Gasteiger partial charge in [0.05, 0.1) is 12.5 Å². The molecule has 1 saturated carbocycles. The SMILES string of the molecule is CC(C)Oc1cc(NC(CC(=O)O)C2CC2)ncn1. The van der Waals surface area contributed by atoms with Gasteiger partial charge in [0.2, 0.25) is 5.88 Å². The maximum absolute atomic E-state index is 10.8. The lowest BCUT2D eigenvalue weighted by Crippen LogP contribution is -2.25. The molecule has 1 heterocycles. The standard InChI is InChI=1S/C13H19N3O3/c1-8(2)19-12-6-11(14-7-15-12)16-10(5-13(17)18)9-3-4-9/h6-10H,3-5H2,1-2H3,(H,17,18)(H,14,15,16). The zero-order valence-corrected chi connectivity index (χ0v) is 11.2. The number of aliphatic carboxylic acids is 1. The van der Waals surface area contributed by atoms with Crippen LogP contribution in [0.3, 0.4) is 0 Å². The molecule has 1 aromatic rings. The molecule has 1 aliphatic rings. The number of hydrogen-bond donors (Lipinski definition) is 2. The van der Waals surface area contributed by atoms with Crippen LogP contribution in [-0.4, -0.2) is 33.2 Å². The van der Waals surface area contributed by atoms with Gasteiger partial charge >= 0.3 is 5.97 Å². The average molecular weight is 265 g/mol. The molecule has 0 saturated heterocycles. The quantitative estimate of drug-likeness (QED) is 0.783. The fourth-order valence-electron chi connectivity index (χ4n) is 1.94. The Morgan fingerprint density at radius 1 is 1.53 bits per heavy atom. The molecule has 1 fully saturated rings. The first-order valence-corrected chi connectivity index (χ1v) is 6.51. The monoisotopic (exact) mass is 265 g/mol. The third kappa shape index (κ3) is 4.39. The highest BCUT2D eigenvalue weighted by atomic mass is 16.5. The summed E-state index contributed by atoms with van der Waals surface area (Å²) in [6.45, 7) is 3.85. The number of nitrogens with zero attached hydrogens (tertiary/aromatic N) is 2. The highest BCUT2D eigenvalue weighted by molar-refractivity contribution is 5.68. The van der Waals surface area contributed by atoms with Gasteiger partial charge in [-0.15, -0.1) is 0 Å². The average Bonchev–Trinajstić information content (AvgIpc) is 3.10. The van der Waals surface area contributed by atoms with Crippen LogP contribution < -0.4 is 10.1 Å². The Morgan fingerprint density at radius 3 is 2.84 bits per heavy atom. The molecule has 2 N–H and O–H groups in total. The van der Waals surface area contributed by atoms with Gasteiger partial charge < -0.3 is 15.2 Å². The van der Waals surface area contributed by atoms with Crippen LogP contribution >= 0.6 is 0 Å².